The van der Waals surface area contributed by atoms with Crippen molar-refractivity contribution in [3.8, 4) is 28.3 Å². The van der Waals surface area contributed by atoms with E-state index in [0.717, 1.165) is 38.8 Å². The molecule has 1 aliphatic rings. The lowest BCUT2D eigenvalue weighted by atomic mass is 9.67. The highest BCUT2D eigenvalue weighted by Gasteiger charge is 2.48. The molecule has 0 spiro atoms. The summed E-state index contributed by atoms with van der Waals surface area (Å²) < 4.78 is 2.26. The van der Waals surface area contributed by atoms with Gasteiger partial charge in [0.15, 0.2) is 0 Å². The Morgan fingerprint density at radius 3 is 2.04 bits per heavy atom. The van der Waals surface area contributed by atoms with Crippen LogP contribution in [0.1, 0.15) is 22.3 Å². The molecule has 0 saturated carbocycles. The monoisotopic (exact) mass is 612 g/mol. The van der Waals surface area contributed by atoms with Crippen molar-refractivity contribution in [3.05, 3.63) is 192 Å². The number of hydrogen-bond acceptors (Lipinski definition) is 3. The molecule has 9 aromatic rings. The van der Waals surface area contributed by atoms with E-state index in [1.54, 1.807) is 0 Å². The van der Waals surface area contributed by atoms with Gasteiger partial charge in [-0.3, -0.25) is 9.55 Å². The first-order valence-corrected chi connectivity index (χ1v) is 16.3. The Hall–Kier alpha value is -6.39. The van der Waals surface area contributed by atoms with Crippen LogP contribution in [0.25, 0.3) is 61.0 Å². The standard InChI is InChI=1S/C44H28N4/c1-3-14-29(15-4-1)42-34-20-8-11-23-37(34)46-43(47-42)48-38-24-12-9-21-35(38)40-39(48)26-25-33-32-19-7-10-22-36(32)44(41(33)40,30-16-5-2-6-17-30)31-18-13-27-45-28-31/h1-28H. The molecular weight excluding hydrogens is 585 g/mol. The van der Waals surface area contributed by atoms with Gasteiger partial charge in [-0.05, 0) is 57.6 Å². The Balaban J connectivity index is 1.38. The number of hydrogen-bond donors (Lipinski definition) is 0. The minimum Gasteiger partial charge on any atom is -0.278 e. The summed E-state index contributed by atoms with van der Waals surface area (Å²) in [7, 11) is 0. The van der Waals surface area contributed by atoms with Crippen LogP contribution in [-0.2, 0) is 5.41 Å². The normalized spacial score (nSPS) is 15.2. The molecule has 3 aromatic heterocycles. The first-order chi connectivity index (χ1) is 23.8. The molecule has 0 bridgehead atoms. The Morgan fingerprint density at radius 1 is 0.500 bits per heavy atom. The molecule has 0 saturated heterocycles. The fraction of sp³-hybridized carbons (Fsp3) is 0.0227. The minimum absolute atomic E-state index is 0.588. The van der Waals surface area contributed by atoms with E-state index >= 15 is 0 Å². The van der Waals surface area contributed by atoms with Crippen molar-refractivity contribution in [1.82, 2.24) is 19.5 Å². The van der Waals surface area contributed by atoms with E-state index in [1.165, 1.54) is 38.6 Å². The predicted molar refractivity (Wildman–Crippen MR) is 194 cm³/mol. The molecule has 4 nitrogen and oxygen atoms in total. The Labute approximate surface area is 277 Å². The van der Waals surface area contributed by atoms with Crippen LogP contribution in [0.3, 0.4) is 0 Å². The van der Waals surface area contributed by atoms with Crippen molar-refractivity contribution in [2.24, 2.45) is 0 Å². The van der Waals surface area contributed by atoms with Gasteiger partial charge in [-0.25, -0.2) is 9.97 Å². The van der Waals surface area contributed by atoms with Crippen LogP contribution in [0.2, 0.25) is 0 Å². The third-order valence-electron chi connectivity index (χ3n) is 9.97. The lowest BCUT2D eigenvalue weighted by Crippen LogP contribution is -2.29. The van der Waals surface area contributed by atoms with E-state index in [2.05, 4.69) is 155 Å². The second kappa shape index (κ2) is 10.3. The zero-order valence-electron chi connectivity index (χ0n) is 26.0. The van der Waals surface area contributed by atoms with E-state index in [-0.39, 0.29) is 0 Å². The van der Waals surface area contributed by atoms with Crippen molar-refractivity contribution in [3.63, 3.8) is 0 Å². The molecule has 0 aliphatic heterocycles. The van der Waals surface area contributed by atoms with Crippen LogP contribution in [0.4, 0.5) is 0 Å². The van der Waals surface area contributed by atoms with E-state index in [0.29, 0.717) is 5.95 Å². The summed E-state index contributed by atoms with van der Waals surface area (Å²) in [6.07, 6.45) is 3.90. The smallest absolute Gasteiger partial charge is 0.235 e. The number of fused-ring (bicyclic) bond motifs is 8. The van der Waals surface area contributed by atoms with E-state index < -0.39 is 5.41 Å². The molecule has 224 valence electrons. The van der Waals surface area contributed by atoms with Crippen LogP contribution >= 0.6 is 0 Å². The first kappa shape index (κ1) is 26.8. The summed E-state index contributed by atoms with van der Waals surface area (Å²) in [6, 6.07) is 56.0. The summed E-state index contributed by atoms with van der Waals surface area (Å²) >= 11 is 0. The van der Waals surface area contributed by atoms with Crippen LogP contribution in [0.5, 0.6) is 0 Å². The predicted octanol–water partition coefficient (Wildman–Crippen LogP) is 10.2. The Kier molecular flexibility index (Phi) is 5.75. The average Bonchev–Trinajstić information content (AvgIpc) is 3.66. The van der Waals surface area contributed by atoms with Crippen molar-refractivity contribution in [2.75, 3.05) is 0 Å². The minimum atomic E-state index is -0.588. The van der Waals surface area contributed by atoms with E-state index in [4.69, 9.17) is 9.97 Å². The highest BCUT2D eigenvalue weighted by Crippen LogP contribution is 2.59. The van der Waals surface area contributed by atoms with Gasteiger partial charge in [0.2, 0.25) is 5.95 Å². The van der Waals surface area contributed by atoms with Crippen LogP contribution in [-0.4, -0.2) is 19.5 Å². The van der Waals surface area contributed by atoms with Crippen molar-refractivity contribution < 1.29 is 0 Å². The zero-order valence-corrected chi connectivity index (χ0v) is 26.0. The maximum atomic E-state index is 5.34. The number of aromatic nitrogens is 4. The van der Waals surface area contributed by atoms with Gasteiger partial charge in [-0.2, -0.15) is 0 Å². The van der Waals surface area contributed by atoms with Gasteiger partial charge in [-0.15, -0.1) is 0 Å². The second-order valence-electron chi connectivity index (χ2n) is 12.4. The number of rotatable bonds is 4. The van der Waals surface area contributed by atoms with E-state index in [1.807, 2.05) is 24.5 Å². The average molecular weight is 613 g/mol. The summed E-state index contributed by atoms with van der Waals surface area (Å²) in [6.45, 7) is 0. The molecule has 3 heterocycles. The third kappa shape index (κ3) is 3.63. The molecular formula is C44H28N4. The molecule has 6 aromatic carbocycles. The van der Waals surface area contributed by atoms with Crippen molar-refractivity contribution in [2.45, 2.75) is 5.41 Å². The highest BCUT2D eigenvalue weighted by molar-refractivity contribution is 6.15. The van der Waals surface area contributed by atoms with Gasteiger partial charge in [0.1, 0.15) is 0 Å². The molecule has 1 unspecified atom stereocenters. The SMILES string of the molecule is c1ccc(-c2nc(-n3c4ccccc4c4c5c(ccc43)-c3ccccc3C5(c3ccccc3)c3cccnc3)nc3ccccc23)cc1. The fourth-order valence-corrected chi connectivity index (χ4v) is 8.09. The summed E-state index contributed by atoms with van der Waals surface area (Å²) in [4.78, 5) is 15.3. The number of para-hydroxylation sites is 2. The summed E-state index contributed by atoms with van der Waals surface area (Å²) in [5.74, 6) is 0.654. The largest absolute Gasteiger partial charge is 0.278 e. The van der Waals surface area contributed by atoms with Gasteiger partial charge in [0.25, 0.3) is 0 Å². The summed E-state index contributed by atoms with van der Waals surface area (Å²) in [5, 5.41) is 3.40. The van der Waals surface area contributed by atoms with Crippen molar-refractivity contribution >= 4 is 32.7 Å². The van der Waals surface area contributed by atoms with Gasteiger partial charge in [0, 0.05) is 34.1 Å². The molecule has 0 N–H and O–H groups in total. The summed E-state index contributed by atoms with van der Waals surface area (Å²) in [5.41, 5.74) is 11.8. The lowest BCUT2D eigenvalue weighted by Gasteiger charge is -2.34. The van der Waals surface area contributed by atoms with Crippen LogP contribution in [0, 0.1) is 0 Å². The first-order valence-electron chi connectivity index (χ1n) is 16.3. The highest BCUT2D eigenvalue weighted by atomic mass is 15.2. The van der Waals surface area contributed by atoms with Gasteiger partial charge in [-0.1, -0.05) is 133 Å². The number of pyridine rings is 1. The third-order valence-corrected chi connectivity index (χ3v) is 9.97. The molecule has 0 radical (unpaired) electrons. The number of benzene rings is 6. The van der Waals surface area contributed by atoms with Gasteiger partial charge in [0.05, 0.1) is 27.7 Å². The van der Waals surface area contributed by atoms with Gasteiger partial charge < -0.3 is 0 Å². The van der Waals surface area contributed by atoms with Gasteiger partial charge >= 0.3 is 0 Å². The molecule has 0 fully saturated rings. The molecule has 48 heavy (non-hydrogen) atoms. The Bertz CT molecular complexity index is 2620. The zero-order chi connectivity index (χ0) is 31.7. The van der Waals surface area contributed by atoms with Crippen LogP contribution < -0.4 is 0 Å². The number of nitrogens with zero attached hydrogens (tertiary/aromatic N) is 4. The maximum Gasteiger partial charge on any atom is 0.235 e. The topological polar surface area (TPSA) is 43.6 Å². The fourth-order valence-electron chi connectivity index (χ4n) is 8.09. The molecule has 0 amide bonds. The Morgan fingerprint density at radius 2 is 1.21 bits per heavy atom. The van der Waals surface area contributed by atoms with E-state index in [9.17, 15) is 0 Å². The molecule has 1 aliphatic carbocycles. The lowest BCUT2D eigenvalue weighted by molar-refractivity contribution is 0.770. The molecule has 4 heteroatoms. The molecule has 10 rings (SSSR count). The van der Waals surface area contributed by atoms with Crippen LogP contribution in [0.15, 0.2) is 170 Å². The van der Waals surface area contributed by atoms with Crippen molar-refractivity contribution in [1.29, 1.82) is 0 Å². The molecule has 1 atom stereocenters. The second-order valence-corrected chi connectivity index (χ2v) is 12.4. The quantitative estimate of drug-likeness (QED) is 0.199. The maximum absolute atomic E-state index is 5.34.